The molecule has 0 aromatic heterocycles. The van der Waals surface area contributed by atoms with E-state index in [0.717, 1.165) is 19.5 Å². The van der Waals surface area contributed by atoms with Crippen LogP contribution in [0.2, 0.25) is 0 Å². The Balaban J connectivity index is 1.89. The van der Waals surface area contributed by atoms with Crippen LogP contribution in [0.1, 0.15) is 34.1 Å². The Morgan fingerprint density at radius 3 is 2.21 bits per heavy atom. The first-order chi connectivity index (χ1) is 8.79. The van der Waals surface area contributed by atoms with E-state index in [0.29, 0.717) is 13.1 Å². The minimum Gasteiger partial charge on any atom is -0.461 e. The summed E-state index contributed by atoms with van der Waals surface area (Å²) in [6.45, 7) is 10.7. The molecule has 108 valence electrons. The molecule has 2 saturated heterocycles. The molecule has 0 bridgehead atoms. The molecule has 5 heteroatoms. The molecule has 0 aromatic carbocycles. The Labute approximate surface area is 114 Å². The van der Waals surface area contributed by atoms with Gasteiger partial charge in [-0.05, 0) is 6.92 Å². The number of carbonyl (C=O) groups is 2. The van der Waals surface area contributed by atoms with Crippen molar-refractivity contribution in [1.29, 1.82) is 0 Å². The highest BCUT2D eigenvalue weighted by atomic mass is 16.6. The van der Waals surface area contributed by atoms with Crippen LogP contribution in [-0.2, 0) is 14.3 Å². The molecule has 2 atom stereocenters. The Hall–Kier alpha value is -1.10. The fraction of sp³-hybridized carbons (Fsp3) is 0.857. The van der Waals surface area contributed by atoms with E-state index < -0.39 is 0 Å². The summed E-state index contributed by atoms with van der Waals surface area (Å²) < 4.78 is 5.19. The molecule has 0 saturated carbocycles. The average molecular weight is 268 g/mol. The highest BCUT2D eigenvalue weighted by molar-refractivity contribution is 5.81. The van der Waals surface area contributed by atoms with Gasteiger partial charge in [-0.3, -0.25) is 14.5 Å². The second-order valence-corrected chi connectivity index (χ2v) is 6.58. The van der Waals surface area contributed by atoms with Crippen molar-refractivity contribution in [3.63, 3.8) is 0 Å². The van der Waals surface area contributed by atoms with Gasteiger partial charge in [0.15, 0.2) is 0 Å². The normalized spacial score (nSPS) is 29.5. The first kappa shape index (κ1) is 14.3. The Morgan fingerprint density at radius 2 is 1.79 bits per heavy atom. The van der Waals surface area contributed by atoms with E-state index in [-0.39, 0.29) is 29.4 Å². The van der Waals surface area contributed by atoms with Crippen LogP contribution in [0, 0.1) is 5.41 Å². The molecule has 2 aliphatic rings. The fourth-order valence-corrected chi connectivity index (χ4v) is 2.74. The Bertz CT molecular complexity index is 367. The standard InChI is InChI=1S/C14H24N2O3/c1-10-9-11(12(17)19-10)15-5-7-16(8-6-15)13(18)14(2,3)4/h10-11H,5-9H2,1-4H3. The van der Waals surface area contributed by atoms with E-state index in [4.69, 9.17) is 4.74 Å². The van der Waals surface area contributed by atoms with Crippen molar-refractivity contribution in [1.82, 2.24) is 9.80 Å². The van der Waals surface area contributed by atoms with Crippen molar-refractivity contribution < 1.29 is 14.3 Å². The molecule has 1 amide bonds. The molecule has 0 radical (unpaired) electrons. The summed E-state index contributed by atoms with van der Waals surface area (Å²) in [5.41, 5.74) is -0.330. The predicted molar refractivity (Wildman–Crippen MR) is 71.6 cm³/mol. The molecule has 2 aliphatic heterocycles. The van der Waals surface area contributed by atoms with Crippen LogP contribution in [0.4, 0.5) is 0 Å². The Morgan fingerprint density at radius 1 is 1.21 bits per heavy atom. The quantitative estimate of drug-likeness (QED) is 0.663. The smallest absolute Gasteiger partial charge is 0.323 e. The minimum absolute atomic E-state index is 0.0201. The number of piperazine rings is 1. The van der Waals surface area contributed by atoms with Gasteiger partial charge in [-0.2, -0.15) is 0 Å². The Kier molecular flexibility index (Phi) is 3.85. The molecule has 0 aliphatic carbocycles. The number of rotatable bonds is 1. The highest BCUT2D eigenvalue weighted by Gasteiger charge is 2.39. The van der Waals surface area contributed by atoms with Crippen molar-refractivity contribution in [2.75, 3.05) is 26.2 Å². The maximum Gasteiger partial charge on any atom is 0.323 e. The van der Waals surface area contributed by atoms with Gasteiger partial charge in [0, 0.05) is 38.0 Å². The lowest BCUT2D eigenvalue weighted by atomic mass is 9.94. The van der Waals surface area contributed by atoms with Crippen LogP contribution in [0.15, 0.2) is 0 Å². The predicted octanol–water partition coefficient (Wildman–Crippen LogP) is 0.881. The zero-order valence-electron chi connectivity index (χ0n) is 12.3. The summed E-state index contributed by atoms with van der Waals surface area (Å²) in [6.07, 6.45) is 0.790. The lowest BCUT2D eigenvalue weighted by molar-refractivity contribution is -0.146. The van der Waals surface area contributed by atoms with E-state index >= 15 is 0 Å². The van der Waals surface area contributed by atoms with Gasteiger partial charge in [-0.25, -0.2) is 0 Å². The zero-order valence-corrected chi connectivity index (χ0v) is 12.3. The van der Waals surface area contributed by atoms with Crippen molar-refractivity contribution in [3.05, 3.63) is 0 Å². The van der Waals surface area contributed by atoms with Gasteiger partial charge in [0.05, 0.1) is 0 Å². The van der Waals surface area contributed by atoms with E-state index in [1.165, 1.54) is 0 Å². The fourth-order valence-electron chi connectivity index (χ4n) is 2.74. The van der Waals surface area contributed by atoms with Crippen LogP contribution < -0.4 is 0 Å². The van der Waals surface area contributed by atoms with Gasteiger partial charge in [0.25, 0.3) is 0 Å². The molecule has 2 heterocycles. The number of amides is 1. The topological polar surface area (TPSA) is 49.9 Å². The third kappa shape index (κ3) is 3.08. The van der Waals surface area contributed by atoms with Crippen molar-refractivity contribution >= 4 is 11.9 Å². The van der Waals surface area contributed by atoms with E-state index in [1.54, 1.807) is 0 Å². The molecule has 0 spiro atoms. The van der Waals surface area contributed by atoms with Crippen LogP contribution in [0.25, 0.3) is 0 Å². The molecule has 19 heavy (non-hydrogen) atoms. The van der Waals surface area contributed by atoms with Crippen molar-refractivity contribution in [2.45, 2.75) is 46.3 Å². The number of ether oxygens (including phenoxy) is 1. The number of cyclic esters (lactones) is 1. The summed E-state index contributed by atoms with van der Waals surface area (Å²) in [5, 5.41) is 0. The average Bonchev–Trinajstić information content (AvgIpc) is 2.66. The van der Waals surface area contributed by atoms with Gasteiger partial charge in [0.2, 0.25) is 5.91 Å². The van der Waals surface area contributed by atoms with Crippen molar-refractivity contribution in [3.8, 4) is 0 Å². The molecular formula is C14H24N2O3. The maximum absolute atomic E-state index is 12.2. The molecule has 2 fully saturated rings. The third-order valence-corrected chi connectivity index (χ3v) is 3.83. The lowest BCUT2D eigenvalue weighted by Crippen LogP contribution is -2.54. The first-order valence-electron chi connectivity index (χ1n) is 7.03. The summed E-state index contributed by atoms with van der Waals surface area (Å²) in [5.74, 6) is 0.0811. The number of nitrogens with zero attached hydrogens (tertiary/aromatic N) is 2. The molecule has 0 aromatic rings. The van der Waals surface area contributed by atoms with Gasteiger partial charge in [0.1, 0.15) is 12.1 Å². The third-order valence-electron chi connectivity index (χ3n) is 3.83. The number of hydrogen-bond acceptors (Lipinski definition) is 4. The van der Waals surface area contributed by atoms with Crippen molar-refractivity contribution in [2.24, 2.45) is 5.41 Å². The number of hydrogen-bond donors (Lipinski definition) is 0. The summed E-state index contributed by atoms with van der Waals surface area (Å²) >= 11 is 0. The van der Waals surface area contributed by atoms with Gasteiger partial charge >= 0.3 is 5.97 Å². The zero-order chi connectivity index (χ0) is 14.2. The monoisotopic (exact) mass is 268 g/mol. The lowest BCUT2D eigenvalue weighted by Gasteiger charge is -2.39. The largest absolute Gasteiger partial charge is 0.461 e. The van der Waals surface area contributed by atoms with Crippen LogP contribution in [-0.4, -0.2) is 60.0 Å². The van der Waals surface area contributed by atoms with E-state index in [1.807, 2.05) is 32.6 Å². The van der Waals surface area contributed by atoms with Gasteiger partial charge in [-0.1, -0.05) is 20.8 Å². The molecular weight excluding hydrogens is 244 g/mol. The highest BCUT2D eigenvalue weighted by Crippen LogP contribution is 2.23. The summed E-state index contributed by atoms with van der Waals surface area (Å²) in [7, 11) is 0. The second kappa shape index (κ2) is 5.12. The van der Waals surface area contributed by atoms with E-state index in [2.05, 4.69) is 4.90 Å². The number of esters is 1. The van der Waals surface area contributed by atoms with Gasteiger partial charge in [-0.15, -0.1) is 0 Å². The van der Waals surface area contributed by atoms with Gasteiger partial charge < -0.3 is 9.64 Å². The molecule has 2 rings (SSSR count). The second-order valence-electron chi connectivity index (χ2n) is 6.58. The van der Waals surface area contributed by atoms with Crippen LogP contribution >= 0.6 is 0 Å². The van der Waals surface area contributed by atoms with E-state index in [9.17, 15) is 9.59 Å². The molecule has 2 unspecified atom stereocenters. The minimum atomic E-state index is -0.330. The van der Waals surface area contributed by atoms with Crippen LogP contribution in [0.5, 0.6) is 0 Å². The van der Waals surface area contributed by atoms with Crippen LogP contribution in [0.3, 0.4) is 0 Å². The maximum atomic E-state index is 12.2. The first-order valence-corrected chi connectivity index (χ1v) is 7.03. The number of carbonyl (C=O) groups excluding carboxylic acids is 2. The molecule has 5 nitrogen and oxygen atoms in total. The summed E-state index contributed by atoms with van der Waals surface area (Å²) in [6, 6.07) is -0.109. The summed E-state index contributed by atoms with van der Waals surface area (Å²) in [4.78, 5) is 27.9. The molecule has 0 N–H and O–H groups in total. The SMILES string of the molecule is CC1CC(N2CCN(C(=O)C(C)(C)C)CC2)C(=O)O1.